The molecule has 10 heteroatoms. The van der Waals surface area contributed by atoms with E-state index in [-0.39, 0.29) is 17.0 Å². The molecule has 6 nitrogen and oxygen atoms in total. The molecule has 0 saturated heterocycles. The number of aromatic nitrogens is 1. The predicted octanol–water partition coefficient (Wildman–Crippen LogP) is 8.01. The van der Waals surface area contributed by atoms with Gasteiger partial charge in [0.2, 0.25) is 0 Å². The first-order valence-electron chi connectivity index (χ1n) is 13.9. The molecule has 1 atom stereocenters. The topological polar surface area (TPSA) is 88.4 Å². The van der Waals surface area contributed by atoms with Gasteiger partial charge < -0.3 is 10.4 Å². The van der Waals surface area contributed by atoms with Crippen molar-refractivity contribution in [3.63, 3.8) is 0 Å². The average molecular weight is 629 g/mol. The number of anilines is 1. The van der Waals surface area contributed by atoms with E-state index in [1.165, 1.54) is 24.0 Å². The number of aliphatic carboxylic acids is 1. The van der Waals surface area contributed by atoms with Crippen molar-refractivity contribution in [2.45, 2.75) is 18.0 Å². The lowest BCUT2D eigenvalue weighted by Crippen LogP contribution is -2.33. The van der Waals surface area contributed by atoms with Crippen molar-refractivity contribution < 1.29 is 27.9 Å². The number of amides is 1. The second-order valence-corrected chi connectivity index (χ2v) is 11.2. The van der Waals surface area contributed by atoms with Gasteiger partial charge in [-0.3, -0.25) is 14.2 Å². The highest BCUT2D eigenvalue weighted by atomic mass is 32.2. The minimum absolute atomic E-state index is 0.0623. The maximum Gasteiger partial charge on any atom is 0.416 e. The Morgan fingerprint density at radius 3 is 1.91 bits per heavy atom. The zero-order chi connectivity index (χ0) is 32.0. The number of nitrogens with one attached hydrogen (secondary N) is 1. The van der Waals surface area contributed by atoms with Crippen LogP contribution in [0.3, 0.4) is 0 Å². The van der Waals surface area contributed by atoms with Crippen molar-refractivity contribution >= 4 is 29.3 Å². The number of benzene rings is 4. The molecular weight excluding hydrogens is 601 g/mol. The Hall–Kier alpha value is -5.09. The fourth-order valence-electron chi connectivity index (χ4n) is 4.71. The third-order valence-electron chi connectivity index (χ3n) is 7.10. The van der Waals surface area contributed by atoms with Crippen LogP contribution >= 0.6 is 11.8 Å². The molecule has 0 unspecified atom stereocenters. The molecule has 228 valence electrons. The molecule has 0 radical (unpaired) electrons. The highest BCUT2D eigenvalue weighted by Gasteiger charge is 2.30. The highest BCUT2D eigenvalue weighted by Crippen LogP contribution is 2.30. The van der Waals surface area contributed by atoms with Gasteiger partial charge in [0.05, 0.1) is 5.56 Å². The van der Waals surface area contributed by atoms with Gasteiger partial charge in [-0.25, -0.2) is 4.79 Å². The van der Waals surface area contributed by atoms with Crippen LogP contribution in [0.2, 0.25) is 0 Å². The standard InChI is InChI=1S/C35H27F3N2O4S/c36-35(37,38)29-17-15-27(16-18-29)32(41)39-30-19-28(26-13-11-25(12-14-26)24-9-5-2-6-10-24)20-40(33(30)42)31(34(43)44)22-45-21-23-7-3-1-4-8-23/h1-20,31H,21-22H2,(H,39,41)(H,43,44)/t31-/m1/s1. The average Bonchev–Trinajstić information content (AvgIpc) is 3.05. The molecular formula is C35H27F3N2O4S. The van der Waals surface area contributed by atoms with Crippen LogP contribution in [0.1, 0.15) is 27.5 Å². The molecule has 0 aliphatic rings. The largest absolute Gasteiger partial charge is 0.480 e. The maximum atomic E-state index is 13.6. The Morgan fingerprint density at radius 1 is 0.778 bits per heavy atom. The Morgan fingerprint density at radius 2 is 1.33 bits per heavy atom. The van der Waals surface area contributed by atoms with Gasteiger partial charge in [0.15, 0.2) is 0 Å². The van der Waals surface area contributed by atoms with Gasteiger partial charge in [-0.1, -0.05) is 84.9 Å². The molecule has 45 heavy (non-hydrogen) atoms. The number of hydrogen-bond donors (Lipinski definition) is 2. The number of carboxylic acid groups (broad SMARTS) is 1. The number of nitrogens with zero attached hydrogens (tertiary/aromatic N) is 1. The van der Waals surface area contributed by atoms with E-state index in [1.54, 1.807) is 0 Å². The zero-order valence-electron chi connectivity index (χ0n) is 23.7. The molecule has 5 rings (SSSR count). The van der Waals surface area contributed by atoms with E-state index in [4.69, 9.17) is 0 Å². The first-order chi connectivity index (χ1) is 21.6. The Bertz CT molecular complexity index is 1840. The smallest absolute Gasteiger partial charge is 0.416 e. The van der Waals surface area contributed by atoms with Crippen LogP contribution in [0.25, 0.3) is 22.3 Å². The number of rotatable bonds is 10. The molecule has 0 spiro atoms. The summed E-state index contributed by atoms with van der Waals surface area (Å²) >= 11 is 1.35. The third kappa shape index (κ3) is 7.71. The summed E-state index contributed by atoms with van der Waals surface area (Å²) in [7, 11) is 0. The molecule has 0 bridgehead atoms. The highest BCUT2D eigenvalue weighted by molar-refractivity contribution is 7.98. The van der Waals surface area contributed by atoms with Gasteiger partial charge in [-0.15, -0.1) is 0 Å². The van der Waals surface area contributed by atoms with Gasteiger partial charge in [0.25, 0.3) is 11.5 Å². The molecule has 0 saturated carbocycles. The van der Waals surface area contributed by atoms with Crippen LogP contribution in [0.4, 0.5) is 18.9 Å². The Labute approximate surface area is 261 Å². The molecule has 0 aliphatic heterocycles. The fraction of sp³-hybridized carbons (Fsp3) is 0.114. The number of hydrogen-bond acceptors (Lipinski definition) is 4. The van der Waals surface area contributed by atoms with Crippen molar-refractivity contribution in [3.05, 3.63) is 149 Å². The summed E-state index contributed by atoms with van der Waals surface area (Å²) in [6.45, 7) is 0. The third-order valence-corrected chi connectivity index (χ3v) is 8.19. The van der Waals surface area contributed by atoms with Gasteiger partial charge in [0, 0.05) is 28.8 Å². The summed E-state index contributed by atoms with van der Waals surface area (Å²) in [6, 6.07) is 30.4. The van der Waals surface area contributed by atoms with E-state index in [9.17, 15) is 32.7 Å². The van der Waals surface area contributed by atoms with Crippen molar-refractivity contribution in [2.75, 3.05) is 11.1 Å². The van der Waals surface area contributed by atoms with Crippen molar-refractivity contribution in [1.29, 1.82) is 0 Å². The second kappa shape index (κ2) is 13.7. The van der Waals surface area contributed by atoms with E-state index >= 15 is 0 Å². The molecule has 5 aromatic rings. The lowest BCUT2D eigenvalue weighted by atomic mass is 10.0. The van der Waals surface area contributed by atoms with Gasteiger partial charge in [-0.05, 0) is 52.6 Å². The number of carboxylic acids is 1. The summed E-state index contributed by atoms with van der Waals surface area (Å²) < 4.78 is 40.2. The van der Waals surface area contributed by atoms with Crippen LogP contribution in [-0.4, -0.2) is 27.3 Å². The zero-order valence-corrected chi connectivity index (χ0v) is 24.5. The van der Waals surface area contributed by atoms with E-state index in [0.717, 1.165) is 45.5 Å². The summed E-state index contributed by atoms with van der Waals surface area (Å²) in [5.41, 5.74) is 2.10. The summed E-state index contributed by atoms with van der Waals surface area (Å²) in [6.07, 6.45) is -3.12. The summed E-state index contributed by atoms with van der Waals surface area (Å²) in [4.78, 5) is 39.2. The number of carbonyl (C=O) groups excluding carboxylic acids is 1. The summed E-state index contributed by atoms with van der Waals surface area (Å²) in [5, 5.41) is 12.7. The van der Waals surface area contributed by atoms with E-state index in [2.05, 4.69) is 5.32 Å². The van der Waals surface area contributed by atoms with Gasteiger partial charge in [-0.2, -0.15) is 24.9 Å². The summed E-state index contributed by atoms with van der Waals surface area (Å²) in [5.74, 6) is -1.45. The van der Waals surface area contributed by atoms with Gasteiger partial charge in [0.1, 0.15) is 11.7 Å². The Kier molecular flexibility index (Phi) is 9.53. The monoisotopic (exact) mass is 628 g/mol. The lowest BCUT2D eigenvalue weighted by Gasteiger charge is -2.19. The van der Waals surface area contributed by atoms with Crippen LogP contribution in [-0.2, 0) is 16.7 Å². The van der Waals surface area contributed by atoms with Gasteiger partial charge >= 0.3 is 12.1 Å². The van der Waals surface area contributed by atoms with Crippen LogP contribution in [0, 0.1) is 0 Å². The lowest BCUT2D eigenvalue weighted by molar-refractivity contribution is -0.140. The molecule has 2 N–H and O–H groups in total. The number of carbonyl (C=O) groups is 2. The Balaban J connectivity index is 1.50. The molecule has 1 heterocycles. The molecule has 1 amide bonds. The normalized spacial score (nSPS) is 12.0. The van der Waals surface area contributed by atoms with Crippen molar-refractivity contribution in [2.24, 2.45) is 0 Å². The first kappa shape index (κ1) is 31.3. The molecule has 0 fully saturated rings. The molecule has 1 aromatic heterocycles. The van der Waals surface area contributed by atoms with E-state index in [0.29, 0.717) is 16.9 Å². The number of pyridine rings is 1. The maximum absolute atomic E-state index is 13.6. The van der Waals surface area contributed by atoms with Crippen LogP contribution in [0.15, 0.2) is 126 Å². The molecule has 4 aromatic carbocycles. The van der Waals surface area contributed by atoms with Crippen LogP contribution < -0.4 is 10.9 Å². The van der Waals surface area contributed by atoms with E-state index < -0.39 is 35.2 Å². The second-order valence-electron chi connectivity index (χ2n) is 10.2. The number of thioether (sulfide) groups is 1. The SMILES string of the molecule is O=C(Nc1cc(-c2ccc(-c3ccccc3)cc2)cn([C@H](CSCc2ccccc2)C(=O)O)c1=O)c1ccc(C(F)(F)F)cc1. The predicted molar refractivity (Wildman–Crippen MR) is 170 cm³/mol. The van der Waals surface area contributed by atoms with Crippen molar-refractivity contribution in [1.82, 2.24) is 4.57 Å². The number of alkyl halides is 3. The van der Waals surface area contributed by atoms with Crippen LogP contribution in [0.5, 0.6) is 0 Å². The quantitative estimate of drug-likeness (QED) is 0.164. The van der Waals surface area contributed by atoms with Crippen molar-refractivity contribution in [3.8, 4) is 22.3 Å². The van der Waals surface area contributed by atoms with E-state index in [1.807, 2.05) is 84.9 Å². The number of halogens is 3. The minimum atomic E-state index is -4.57. The minimum Gasteiger partial charge on any atom is -0.480 e. The first-order valence-corrected chi connectivity index (χ1v) is 15.0. The molecule has 0 aliphatic carbocycles. The fourth-order valence-corrected chi connectivity index (χ4v) is 5.78.